The highest BCUT2D eigenvalue weighted by Crippen LogP contribution is 2.00. The molecule has 1 rings (SSSR count). The zero-order valence-corrected chi connectivity index (χ0v) is 9.13. The fourth-order valence-electron chi connectivity index (χ4n) is 0.599. The number of pyridine rings is 1. The summed E-state index contributed by atoms with van der Waals surface area (Å²) in [6.45, 7) is 9.87. The molecule has 0 unspecified atom stereocenters. The third kappa shape index (κ3) is 5.86. The lowest BCUT2D eigenvalue weighted by Gasteiger charge is -1.90. The van der Waals surface area contributed by atoms with Crippen molar-refractivity contribution in [3.63, 3.8) is 0 Å². The molecule has 0 spiro atoms. The fourth-order valence-corrected chi connectivity index (χ4v) is 0.599. The Labute approximate surface area is 81.2 Å². The van der Waals surface area contributed by atoms with Gasteiger partial charge in [-0.2, -0.15) is 5.26 Å². The largest absolute Gasteiger partial charge is 0.264 e. The monoisotopic (exact) mass is 178 g/mol. The van der Waals surface area contributed by atoms with Crippen LogP contribution in [0.25, 0.3) is 0 Å². The van der Waals surface area contributed by atoms with Gasteiger partial charge in [0.25, 0.3) is 0 Å². The van der Waals surface area contributed by atoms with Crippen LogP contribution in [0.4, 0.5) is 0 Å². The fraction of sp³-hybridized carbons (Fsp3) is 0.455. The average molecular weight is 178 g/mol. The summed E-state index contributed by atoms with van der Waals surface area (Å²) < 4.78 is 0. The van der Waals surface area contributed by atoms with Crippen LogP contribution in [0.2, 0.25) is 0 Å². The number of rotatable bonds is 0. The first kappa shape index (κ1) is 14.2. The number of nitrogens with zero attached hydrogens (tertiary/aromatic N) is 2. The van der Waals surface area contributed by atoms with Crippen molar-refractivity contribution in [2.45, 2.75) is 34.6 Å². The van der Waals surface area contributed by atoms with Crippen LogP contribution in [0.1, 0.15) is 38.8 Å². The summed E-state index contributed by atoms with van der Waals surface area (Å²) in [6, 6.07) is 3.76. The van der Waals surface area contributed by atoms with Crippen molar-refractivity contribution in [1.29, 1.82) is 5.26 Å². The molecule has 0 amide bonds. The summed E-state index contributed by atoms with van der Waals surface area (Å²) >= 11 is 0. The van der Waals surface area contributed by atoms with Gasteiger partial charge in [0.05, 0.1) is 11.6 Å². The van der Waals surface area contributed by atoms with Crippen LogP contribution >= 0.6 is 0 Å². The summed E-state index contributed by atoms with van der Waals surface area (Å²) in [7, 11) is 0. The number of nitriles is 1. The van der Waals surface area contributed by atoms with Crippen LogP contribution in [0.5, 0.6) is 0 Å². The first-order valence-corrected chi connectivity index (χ1v) is 4.65. The Morgan fingerprint density at radius 3 is 2.08 bits per heavy atom. The Morgan fingerprint density at radius 2 is 1.77 bits per heavy atom. The highest BCUT2D eigenvalue weighted by Gasteiger charge is 1.91. The predicted octanol–water partition coefficient (Wildman–Crippen LogP) is 3.31. The van der Waals surface area contributed by atoms with E-state index < -0.39 is 0 Å². The third-order valence-electron chi connectivity index (χ3n) is 1.14. The maximum Gasteiger partial charge on any atom is 0.0995 e. The first-order valence-electron chi connectivity index (χ1n) is 4.65. The topological polar surface area (TPSA) is 36.7 Å². The van der Waals surface area contributed by atoms with Crippen LogP contribution in [0.3, 0.4) is 0 Å². The highest BCUT2D eigenvalue weighted by molar-refractivity contribution is 5.33. The van der Waals surface area contributed by atoms with Gasteiger partial charge in [-0.25, -0.2) is 0 Å². The number of aryl methyl sites for hydroxylation is 1. The van der Waals surface area contributed by atoms with Crippen LogP contribution < -0.4 is 0 Å². The van der Waals surface area contributed by atoms with Gasteiger partial charge >= 0.3 is 0 Å². The lowest BCUT2D eigenvalue weighted by atomic mass is 10.2. The van der Waals surface area contributed by atoms with E-state index in [0.29, 0.717) is 5.56 Å². The second-order valence-electron chi connectivity index (χ2n) is 1.80. The van der Waals surface area contributed by atoms with Crippen molar-refractivity contribution in [3.8, 4) is 6.07 Å². The molecule has 1 aromatic heterocycles. The summed E-state index contributed by atoms with van der Waals surface area (Å²) in [5.41, 5.74) is 1.63. The maximum atomic E-state index is 8.44. The maximum absolute atomic E-state index is 8.44. The lowest BCUT2D eigenvalue weighted by Crippen LogP contribution is -1.80. The molecule has 1 aromatic rings. The van der Waals surface area contributed by atoms with Crippen molar-refractivity contribution in [2.24, 2.45) is 0 Å². The van der Waals surface area contributed by atoms with Crippen molar-refractivity contribution < 1.29 is 0 Å². The van der Waals surface area contributed by atoms with Crippen LogP contribution in [0.15, 0.2) is 18.5 Å². The van der Waals surface area contributed by atoms with Crippen molar-refractivity contribution in [1.82, 2.24) is 4.98 Å². The van der Waals surface area contributed by atoms with Gasteiger partial charge in [-0.3, -0.25) is 4.98 Å². The van der Waals surface area contributed by atoms with E-state index in [0.717, 1.165) is 5.56 Å². The molecule has 0 aromatic carbocycles. The molecular formula is C11H18N2. The van der Waals surface area contributed by atoms with Gasteiger partial charge in [-0.05, 0) is 18.6 Å². The van der Waals surface area contributed by atoms with Crippen LogP contribution in [-0.2, 0) is 0 Å². The Hall–Kier alpha value is -1.36. The van der Waals surface area contributed by atoms with Crippen molar-refractivity contribution >= 4 is 0 Å². The summed E-state index contributed by atoms with van der Waals surface area (Å²) in [5, 5.41) is 8.44. The Bertz CT molecular complexity index is 249. The van der Waals surface area contributed by atoms with E-state index in [2.05, 4.69) is 11.1 Å². The normalized spacial score (nSPS) is 6.77. The molecule has 0 bridgehead atoms. The lowest BCUT2D eigenvalue weighted by molar-refractivity contribution is 1.25. The molecule has 0 saturated heterocycles. The van der Waals surface area contributed by atoms with Gasteiger partial charge < -0.3 is 0 Å². The summed E-state index contributed by atoms with van der Waals surface area (Å²) in [5.74, 6) is 0. The molecule has 0 radical (unpaired) electrons. The van der Waals surface area contributed by atoms with Gasteiger partial charge in [0.15, 0.2) is 0 Å². The van der Waals surface area contributed by atoms with Gasteiger partial charge in [0.1, 0.15) is 0 Å². The summed E-state index contributed by atoms with van der Waals surface area (Å²) in [6.07, 6.45) is 3.30. The minimum atomic E-state index is 0.699. The van der Waals surface area contributed by atoms with E-state index in [1.165, 1.54) is 0 Å². The molecule has 0 aliphatic rings. The molecule has 0 N–H and O–H groups in total. The average Bonchev–Trinajstić information content (AvgIpc) is 2.24. The minimum absolute atomic E-state index is 0.699. The second-order valence-corrected chi connectivity index (χ2v) is 1.80. The standard InChI is InChI=1S/C7H6N2.2C2H6/c1-6-5-9-3-2-7(6)4-8;2*1-2/h2-3,5H,1H3;2*1-2H3. The molecule has 0 aliphatic carbocycles. The van der Waals surface area contributed by atoms with Crippen LogP contribution in [-0.4, -0.2) is 4.98 Å². The number of hydrogen-bond acceptors (Lipinski definition) is 2. The van der Waals surface area contributed by atoms with Crippen molar-refractivity contribution in [2.75, 3.05) is 0 Å². The molecule has 0 aliphatic heterocycles. The third-order valence-corrected chi connectivity index (χ3v) is 1.14. The zero-order chi connectivity index (χ0) is 10.7. The van der Waals surface area contributed by atoms with E-state index in [1.807, 2.05) is 34.6 Å². The molecule has 13 heavy (non-hydrogen) atoms. The van der Waals surface area contributed by atoms with E-state index in [1.54, 1.807) is 18.5 Å². The zero-order valence-electron chi connectivity index (χ0n) is 9.13. The molecule has 2 heteroatoms. The summed E-state index contributed by atoms with van der Waals surface area (Å²) in [4.78, 5) is 3.84. The van der Waals surface area contributed by atoms with Crippen molar-refractivity contribution in [3.05, 3.63) is 29.6 Å². The van der Waals surface area contributed by atoms with Gasteiger partial charge in [-0.15, -0.1) is 0 Å². The molecule has 0 saturated carbocycles. The molecule has 2 nitrogen and oxygen atoms in total. The predicted molar refractivity (Wildman–Crippen MR) is 56.4 cm³/mol. The Kier molecular flexibility index (Phi) is 11.6. The molecule has 0 fully saturated rings. The quantitative estimate of drug-likeness (QED) is 0.611. The van der Waals surface area contributed by atoms with E-state index in [-0.39, 0.29) is 0 Å². The Morgan fingerprint density at radius 1 is 1.23 bits per heavy atom. The van der Waals surface area contributed by atoms with Crippen LogP contribution in [0, 0.1) is 18.3 Å². The number of aromatic nitrogens is 1. The molecule has 1 heterocycles. The molecule has 72 valence electrons. The highest BCUT2D eigenvalue weighted by atomic mass is 14.6. The van der Waals surface area contributed by atoms with E-state index in [9.17, 15) is 0 Å². The first-order chi connectivity index (χ1) is 6.34. The van der Waals surface area contributed by atoms with E-state index >= 15 is 0 Å². The SMILES string of the molecule is CC.CC.Cc1cnccc1C#N. The van der Waals surface area contributed by atoms with Gasteiger partial charge in [-0.1, -0.05) is 27.7 Å². The minimum Gasteiger partial charge on any atom is -0.264 e. The van der Waals surface area contributed by atoms with Gasteiger partial charge in [0.2, 0.25) is 0 Å². The van der Waals surface area contributed by atoms with Gasteiger partial charge in [0, 0.05) is 12.4 Å². The Balaban J connectivity index is 0. The molecular weight excluding hydrogens is 160 g/mol. The smallest absolute Gasteiger partial charge is 0.0995 e. The molecule has 0 atom stereocenters. The second kappa shape index (κ2) is 10.6. The van der Waals surface area contributed by atoms with E-state index in [4.69, 9.17) is 5.26 Å². The number of hydrogen-bond donors (Lipinski definition) is 0.